The van der Waals surface area contributed by atoms with Crippen molar-refractivity contribution in [2.75, 3.05) is 20.2 Å². The normalized spacial score (nSPS) is 15.1. The minimum atomic E-state index is 0.459. The summed E-state index contributed by atoms with van der Waals surface area (Å²) in [5.41, 5.74) is 0. The van der Waals surface area contributed by atoms with Gasteiger partial charge in [-0.25, -0.2) is 0 Å². The summed E-state index contributed by atoms with van der Waals surface area (Å²) in [7, 11) is 1.79. The van der Waals surface area contributed by atoms with E-state index in [0.717, 1.165) is 29.9 Å². The molecule has 0 saturated carbocycles. The van der Waals surface area contributed by atoms with E-state index >= 15 is 0 Å². The molecule has 0 aromatic heterocycles. The first-order valence-electron chi connectivity index (χ1n) is 8.09. The zero-order valence-corrected chi connectivity index (χ0v) is 13.5. The van der Waals surface area contributed by atoms with Crippen LogP contribution in [0.4, 0.5) is 0 Å². The van der Waals surface area contributed by atoms with Crippen molar-refractivity contribution in [2.24, 2.45) is 4.99 Å². The summed E-state index contributed by atoms with van der Waals surface area (Å²) in [5.74, 6) is 1.76. The van der Waals surface area contributed by atoms with Crippen LogP contribution in [0.2, 0.25) is 0 Å². The van der Waals surface area contributed by atoms with Gasteiger partial charge < -0.3 is 15.4 Å². The molecule has 1 aliphatic carbocycles. The number of rotatable bonds is 5. The lowest BCUT2D eigenvalue weighted by Gasteiger charge is -2.17. The largest absolute Gasteiger partial charge is 0.491 e. The summed E-state index contributed by atoms with van der Waals surface area (Å²) in [4.78, 5) is 4.26. The molecule has 0 aliphatic heterocycles. The highest BCUT2D eigenvalue weighted by Crippen LogP contribution is 2.24. The van der Waals surface area contributed by atoms with Crippen LogP contribution in [0.25, 0.3) is 10.8 Å². The number of fused-ring (bicyclic) bond motifs is 1. The molecule has 120 valence electrons. The molecule has 0 heterocycles. The van der Waals surface area contributed by atoms with E-state index in [1.54, 1.807) is 7.05 Å². The van der Waals surface area contributed by atoms with Crippen molar-refractivity contribution in [1.29, 1.82) is 0 Å². The fourth-order valence-corrected chi connectivity index (χ4v) is 2.78. The Hall–Kier alpha value is -2.49. The molecule has 2 N–H and O–H groups in total. The molecule has 4 nitrogen and oxygen atoms in total. The van der Waals surface area contributed by atoms with Crippen LogP contribution in [0, 0.1) is 0 Å². The van der Waals surface area contributed by atoms with E-state index < -0.39 is 0 Å². The van der Waals surface area contributed by atoms with E-state index in [1.165, 1.54) is 5.39 Å². The van der Waals surface area contributed by atoms with Gasteiger partial charge in [-0.3, -0.25) is 4.99 Å². The first-order valence-corrected chi connectivity index (χ1v) is 8.09. The van der Waals surface area contributed by atoms with E-state index in [1.807, 2.05) is 24.3 Å². The Bertz CT molecular complexity index is 695. The highest BCUT2D eigenvalue weighted by atomic mass is 16.5. The van der Waals surface area contributed by atoms with Crippen LogP contribution in [-0.2, 0) is 0 Å². The molecule has 0 fully saturated rings. The number of benzene rings is 2. The first kappa shape index (κ1) is 15.4. The molecule has 2 aromatic carbocycles. The second-order valence-electron chi connectivity index (χ2n) is 5.61. The maximum absolute atomic E-state index is 5.93. The molecular formula is C19H23N3O. The highest BCUT2D eigenvalue weighted by Gasteiger charge is 2.11. The minimum absolute atomic E-state index is 0.459. The van der Waals surface area contributed by atoms with Crippen LogP contribution in [0.5, 0.6) is 5.75 Å². The third kappa shape index (κ3) is 4.03. The number of ether oxygens (including phenoxy) is 1. The van der Waals surface area contributed by atoms with Gasteiger partial charge >= 0.3 is 0 Å². The Kier molecular flexibility index (Phi) is 5.14. The van der Waals surface area contributed by atoms with Crippen molar-refractivity contribution in [2.45, 2.75) is 18.9 Å². The van der Waals surface area contributed by atoms with Gasteiger partial charge in [-0.15, -0.1) is 0 Å². The molecule has 0 spiro atoms. The quantitative estimate of drug-likeness (QED) is 0.386. The third-order valence-corrected chi connectivity index (χ3v) is 3.97. The van der Waals surface area contributed by atoms with Gasteiger partial charge in [0.1, 0.15) is 12.4 Å². The van der Waals surface area contributed by atoms with Crippen LogP contribution < -0.4 is 15.4 Å². The Morgan fingerprint density at radius 1 is 1.13 bits per heavy atom. The van der Waals surface area contributed by atoms with Crippen LogP contribution in [0.3, 0.4) is 0 Å². The maximum atomic E-state index is 5.93. The molecule has 1 aliphatic rings. The van der Waals surface area contributed by atoms with Crippen LogP contribution in [0.15, 0.2) is 59.6 Å². The molecule has 0 unspecified atom stereocenters. The topological polar surface area (TPSA) is 45.7 Å². The van der Waals surface area contributed by atoms with Crippen LogP contribution in [0.1, 0.15) is 12.8 Å². The Morgan fingerprint density at radius 2 is 1.91 bits per heavy atom. The molecule has 2 aromatic rings. The Labute approximate surface area is 137 Å². The van der Waals surface area contributed by atoms with E-state index in [2.05, 4.69) is 46.0 Å². The molecular weight excluding hydrogens is 286 g/mol. The summed E-state index contributed by atoms with van der Waals surface area (Å²) in [6.07, 6.45) is 6.53. The van der Waals surface area contributed by atoms with Gasteiger partial charge in [0.25, 0.3) is 0 Å². The molecule has 0 atom stereocenters. The molecule has 0 bridgehead atoms. The molecule has 0 amide bonds. The van der Waals surface area contributed by atoms with Crippen LogP contribution in [-0.4, -0.2) is 32.2 Å². The lowest BCUT2D eigenvalue weighted by molar-refractivity contribution is 0.325. The zero-order valence-electron chi connectivity index (χ0n) is 13.5. The van der Waals surface area contributed by atoms with Crippen molar-refractivity contribution < 1.29 is 4.74 Å². The lowest BCUT2D eigenvalue weighted by atomic mass is 10.1. The van der Waals surface area contributed by atoms with Gasteiger partial charge in [0.2, 0.25) is 0 Å². The van der Waals surface area contributed by atoms with Crippen molar-refractivity contribution in [3.05, 3.63) is 54.6 Å². The van der Waals surface area contributed by atoms with E-state index in [9.17, 15) is 0 Å². The lowest BCUT2D eigenvalue weighted by Crippen LogP contribution is -2.43. The summed E-state index contributed by atoms with van der Waals surface area (Å²) in [5, 5.41) is 9.06. The fourth-order valence-electron chi connectivity index (χ4n) is 2.78. The molecule has 0 radical (unpaired) electrons. The SMILES string of the molecule is CN=C(NCCOc1cccc2ccccc12)NC1CC=CC1. The van der Waals surface area contributed by atoms with E-state index in [4.69, 9.17) is 4.74 Å². The summed E-state index contributed by atoms with van der Waals surface area (Å²) < 4.78 is 5.93. The number of aliphatic imine (C=N–C) groups is 1. The Balaban J connectivity index is 1.48. The predicted octanol–water partition coefficient (Wildman–Crippen LogP) is 3.10. The van der Waals surface area contributed by atoms with Gasteiger partial charge in [0, 0.05) is 18.5 Å². The average Bonchev–Trinajstić information content (AvgIpc) is 3.10. The number of nitrogens with one attached hydrogen (secondary N) is 2. The van der Waals surface area contributed by atoms with Gasteiger partial charge in [-0.05, 0) is 24.3 Å². The average molecular weight is 309 g/mol. The summed E-state index contributed by atoms with van der Waals surface area (Å²) in [6, 6.07) is 14.9. The summed E-state index contributed by atoms with van der Waals surface area (Å²) >= 11 is 0. The summed E-state index contributed by atoms with van der Waals surface area (Å²) in [6.45, 7) is 1.31. The number of nitrogens with zero attached hydrogens (tertiary/aromatic N) is 1. The van der Waals surface area contributed by atoms with Gasteiger partial charge in [0.05, 0.1) is 6.54 Å². The second-order valence-corrected chi connectivity index (χ2v) is 5.61. The van der Waals surface area contributed by atoms with E-state index in [0.29, 0.717) is 19.2 Å². The molecule has 23 heavy (non-hydrogen) atoms. The Morgan fingerprint density at radius 3 is 2.74 bits per heavy atom. The third-order valence-electron chi connectivity index (χ3n) is 3.97. The fraction of sp³-hybridized carbons (Fsp3) is 0.316. The molecule has 4 heteroatoms. The highest BCUT2D eigenvalue weighted by molar-refractivity contribution is 5.88. The number of guanidine groups is 1. The van der Waals surface area contributed by atoms with E-state index in [-0.39, 0.29) is 0 Å². The number of hydrogen-bond donors (Lipinski definition) is 2. The predicted molar refractivity (Wildman–Crippen MR) is 96.1 cm³/mol. The van der Waals surface area contributed by atoms with Crippen LogP contribution >= 0.6 is 0 Å². The molecule has 0 saturated heterocycles. The maximum Gasteiger partial charge on any atom is 0.191 e. The van der Waals surface area contributed by atoms with Gasteiger partial charge in [0.15, 0.2) is 5.96 Å². The second kappa shape index (κ2) is 7.68. The van der Waals surface area contributed by atoms with Gasteiger partial charge in [-0.1, -0.05) is 48.6 Å². The van der Waals surface area contributed by atoms with Crippen molar-refractivity contribution in [3.8, 4) is 5.75 Å². The number of hydrogen-bond acceptors (Lipinski definition) is 2. The molecule has 3 rings (SSSR count). The smallest absolute Gasteiger partial charge is 0.191 e. The van der Waals surface area contributed by atoms with Crippen molar-refractivity contribution in [1.82, 2.24) is 10.6 Å². The standard InChI is InChI=1S/C19H23N3O/c1-20-19(22-16-9-3-4-10-16)21-13-14-23-18-12-6-8-15-7-2-5-11-17(15)18/h2-8,11-12,16H,9-10,13-14H2,1H3,(H2,20,21,22). The van der Waals surface area contributed by atoms with Crippen molar-refractivity contribution >= 4 is 16.7 Å². The zero-order chi connectivity index (χ0) is 15.9. The minimum Gasteiger partial charge on any atom is -0.491 e. The van der Waals surface area contributed by atoms with Crippen molar-refractivity contribution in [3.63, 3.8) is 0 Å². The first-order chi connectivity index (χ1) is 11.4. The van der Waals surface area contributed by atoms with Gasteiger partial charge in [-0.2, -0.15) is 0 Å². The monoisotopic (exact) mass is 309 g/mol.